The highest BCUT2D eigenvalue weighted by Crippen LogP contribution is 2.10. The zero-order valence-electron chi connectivity index (χ0n) is 9.50. The number of hydrogen-bond donors (Lipinski definition) is 0. The van der Waals surface area contributed by atoms with Crippen LogP contribution < -0.4 is 4.74 Å². The first-order valence-corrected chi connectivity index (χ1v) is 5.64. The molecule has 17 heavy (non-hydrogen) atoms. The van der Waals surface area contributed by atoms with E-state index in [-0.39, 0.29) is 5.97 Å². The number of benzene rings is 2. The van der Waals surface area contributed by atoms with Gasteiger partial charge in [0, 0.05) is 6.42 Å². The van der Waals surface area contributed by atoms with E-state index >= 15 is 0 Å². The fraction of sp³-hybridized carbons (Fsp3) is 0.133. The molecule has 0 radical (unpaired) electrons. The molecule has 0 atom stereocenters. The van der Waals surface area contributed by atoms with Gasteiger partial charge in [0.2, 0.25) is 0 Å². The first kappa shape index (κ1) is 11.4. The van der Waals surface area contributed by atoms with Gasteiger partial charge in [-0.3, -0.25) is 4.79 Å². The lowest BCUT2D eigenvalue weighted by atomic mass is 10.1. The van der Waals surface area contributed by atoms with Crippen molar-refractivity contribution >= 4 is 5.97 Å². The lowest BCUT2D eigenvalue weighted by Gasteiger charge is -2.03. The van der Waals surface area contributed by atoms with Crippen molar-refractivity contribution in [3.05, 3.63) is 66.2 Å². The summed E-state index contributed by atoms with van der Waals surface area (Å²) in [5.74, 6) is 0.408. The van der Waals surface area contributed by atoms with Gasteiger partial charge in [0.1, 0.15) is 5.75 Å². The number of ether oxygens (including phenoxy) is 1. The Morgan fingerprint density at radius 3 is 2.12 bits per heavy atom. The molecule has 2 aromatic rings. The molecule has 0 heterocycles. The smallest absolute Gasteiger partial charge is 0.311 e. The van der Waals surface area contributed by atoms with Crippen molar-refractivity contribution in [1.29, 1.82) is 0 Å². The van der Waals surface area contributed by atoms with Crippen LogP contribution in [0.25, 0.3) is 0 Å². The quantitative estimate of drug-likeness (QED) is 0.591. The Balaban J connectivity index is 1.83. The summed E-state index contributed by atoms with van der Waals surface area (Å²) in [6.45, 7) is 0. The average molecular weight is 226 g/mol. The third-order valence-corrected chi connectivity index (χ3v) is 2.44. The number of aryl methyl sites for hydroxylation is 1. The molecule has 0 aliphatic carbocycles. The summed E-state index contributed by atoms with van der Waals surface area (Å²) in [4.78, 5) is 11.6. The summed E-state index contributed by atoms with van der Waals surface area (Å²) in [5.41, 5.74) is 1.15. The molecule has 0 fully saturated rings. The molecule has 0 N–H and O–H groups in total. The molecule has 0 spiro atoms. The standard InChI is InChI=1S/C15H14O2/c16-15(17-14-9-5-2-6-10-14)12-11-13-7-3-1-4-8-13/h1-10H,11-12H2. The van der Waals surface area contributed by atoms with Crippen molar-refractivity contribution in [3.8, 4) is 5.75 Å². The molecule has 0 unspecified atom stereocenters. The van der Waals surface area contributed by atoms with Gasteiger partial charge in [0.25, 0.3) is 0 Å². The summed E-state index contributed by atoms with van der Waals surface area (Å²) in [6.07, 6.45) is 1.12. The molecule has 2 nitrogen and oxygen atoms in total. The number of rotatable bonds is 4. The van der Waals surface area contributed by atoms with Gasteiger partial charge in [-0.15, -0.1) is 0 Å². The van der Waals surface area contributed by atoms with Crippen LogP contribution in [0.5, 0.6) is 5.75 Å². The van der Waals surface area contributed by atoms with E-state index in [0.717, 1.165) is 5.56 Å². The van der Waals surface area contributed by atoms with Crippen LogP contribution >= 0.6 is 0 Å². The van der Waals surface area contributed by atoms with E-state index < -0.39 is 0 Å². The van der Waals surface area contributed by atoms with E-state index in [9.17, 15) is 4.79 Å². The molecular weight excluding hydrogens is 212 g/mol. The van der Waals surface area contributed by atoms with Crippen LogP contribution in [0.15, 0.2) is 60.7 Å². The Morgan fingerprint density at radius 2 is 1.47 bits per heavy atom. The molecule has 0 aromatic heterocycles. The number of carbonyl (C=O) groups is 1. The normalized spacial score (nSPS) is 9.88. The number of esters is 1. The fourth-order valence-corrected chi connectivity index (χ4v) is 1.56. The predicted molar refractivity (Wildman–Crippen MR) is 66.8 cm³/mol. The maximum absolute atomic E-state index is 11.6. The molecule has 0 aliphatic heterocycles. The Hall–Kier alpha value is -2.09. The van der Waals surface area contributed by atoms with Gasteiger partial charge in [-0.05, 0) is 24.1 Å². The second-order valence-corrected chi connectivity index (χ2v) is 3.77. The van der Waals surface area contributed by atoms with E-state index in [2.05, 4.69) is 0 Å². The van der Waals surface area contributed by atoms with Crippen molar-refractivity contribution in [2.45, 2.75) is 12.8 Å². The summed E-state index contributed by atoms with van der Waals surface area (Å²) in [6, 6.07) is 19.1. The van der Waals surface area contributed by atoms with Crippen LogP contribution in [0.2, 0.25) is 0 Å². The highest BCUT2D eigenvalue weighted by Gasteiger charge is 2.04. The largest absolute Gasteiger partial charge is 0.427 e. The summed E-state index contributed by atoms with van der Waals surface area (Å²) in [7, 11) is 0. The molecule has 0 saturated carbocycles. The molecule has 2 heteroatoms. The fourth-order valence-electron chi connectivity index (χ4n) is 1.56. The zero-order valence-corrected chi connectivity index (χ0v) is 9.50. The number of hydrogen-bond acceptors (Lipinski definition) is 2. The van der Waals surface area contributed by atoms with E-state index in [0.29, 0.717) is 18.6 Å². The van der Waals surface area contributed by atoms with Gasteiger partial charge < -0.3 is 4.74 Å². The number of carbonyl (C=O) groups excluding carboxylic acids is 1. The van der Waals surface area contributed by atoms with Crippen molar-refractivity contribution in [3.63, 3.8) is 0 Å². The lowest BCUT2D eigenvalue weighted by molar-refractivity contribution is -0.134. The molecule has 0 amide bonds. The molecule has 2 rings (SSSR count). The Morgan fingerprint density at radius 1 is 0.882 bits per heavy atom. The van der Waals surface area contributed by atoms with Crippen molar-refractivity contribution in [2.24, 2.45) is 0 Å². The van der Waals surface area contributed by atoms with E-state index in [4.69, 9.17) is 4.74 Å². The second-order valence-electron chi connectivity index (χ2n) is 3.77. The van der Waals surface area contributed by atoms with Gasteiger partial charge in [-0.25, -0.2) is 0 Å². The predicted octanol–water partition coefficient (Wildman–Crippen LogP) is 3.22. The van der Waals surface area contributed by atoms with Gasteiger partial charge in [0.15, 0.2) is 0 Å². The molecular formula is C15H14O2. The molecule has 0 bridgehead atoms. The first-order valence-electron chi connectivity index (χ1n) is 5.64. The van der Waals surface area contributed by atoms with Crippen LogP contribution in [0.1, 0.15) is 12.0 Å². The molecule has 2 aromatic carbocycles. The monoisotopic (exact) mass is 226 g/mol. The minimum Gasteiger partial charge on any atom is -0.427 e. The van der Waals surface area contributed by atoms with Gasteiger partial charge >= 0.3 is 5.97 Å². The number of para-hydroxylation sites is 1. The summed E-state index contributed by atoms with van der Waals surface area (Å²) >= 11 is 0. The van der Waals surface area contributed by atoms with E-state index in [1.807, 2.05) is 48.5 Å². The van der Waals surface area contributed by atoms with E-state index in [1.54, 1.807) is 12.1 Å². The van der Waals surface area contributed by atoms with E-state index in [1.165, 1.54) is 0 Å². The lowest BCUT2D eigenvalue weighted by Crippen LogP contribution is -2.08. The SMILES string of the molecule is O=C(CCc1ccccc1)Oc1ccccc1. The minimum atomic E-state index is -0.194. The Bertz CT molecular complexity index is 463. The third-order valence-electron chi connectivity index (χ3n) is 2.44. The Labute approximate surface area is 101 Å². The zero-order chi connectivity index (χ0) is 11.9. The topological polar surface area (TPSA) is 26.3 Å². The first-order chi connectivity index (χ1) is 8.34. The van der Waals surface area contributed by atoms with Gasteiger partial charge in [-0.2, -0.15) is 0 Å². The van der Waals surface area contributed by atoms with Gasteiger partial charge in [0.05, 0.1) is 0 Å². The van der Waals surface area contributed by atoms with Crippen molar-refractivity contribution in [1.82, 2.24) is 0 Å². The van der Waals surface area contributed by atoms with Crippen molar-refractivity contribution in [2.75, 3.05) is 0 Å². The highest BCUT2D eigenvalue weighted by atomic mass is 16.5. The molecule has 0 saturated heterocycles. The third kappa shape index (κ3) is 3.76. The Kier molecular flexibility index (Phi) is 3.92. The van der Waals surface area contributed by atoms with Crippen LogP contribution in [-0.4, -0.2) is 5.97 Å². The summed E-state index contributed by atoms with van der Waals surface area (Å²) < 4.78 is 5.20. The maximum atomic E-state index is 11.6. The van der Waals surface area contributed by atoms with Crippen molar-refractivity contribution < 1.29 is 9.53 Å². The highest BCUT2D eigenvalue weighted by molar-refractivity contribution is 5.72. The van der Waals surface area contributed by atoms with Crippen LogP contribution in [-0.2, 0) is 11.2 Å². The van der Waals surface area contributed by atoms with Crippen LogP contribution in [0, 0.1) is 0 Å². The van der Waals surface area contributed by atoms with Crippen LogP contribution in [0.3, 0.4) is 0 Å². The maximum Gasteiger partial charge on any atom is 0.311 e. The van der Waals surface area contributed by atoms with Gasteiger partial charge in [-0.1, -0.05) is 48.5 Å². The minimum absolute atomic E-state index is 0.194. The van der Waals surface area contributed by atoms with Crippen LogP contribution in [0.4, 0.5) is 0 Å². The summed E-state index contributed by atoms with van der Waals surface area (Å²) in [5, 5.41) is 0. The molecule has 0 aliphatic rings. The average Bonchev–Trinajstić information content (AvgIpc) is 2.39. The second kappa shape index (κ2) is 5.85. The molecule has 86 valence electrons.